The van der Waals surface area contributed by atoms with Gasteiger partial charge in [0.05, 0.1) is 21.2 Å². The second-order valence-corrected chi connectivity index (χ2v) is 11.1. The molecule has 1 aliphatic carbocycles. The Kier molecular flexibility index (Phi) is 8.44. The number of piperazine rings is 1. The number of hydrogen-bond acceptors (Lipinski definition) is 2. The molecule has 1 saturated carbocycles. The van der Waals surface area contributed by atoms with Gasteiger partial charge < -0.3 is 0 Å². The summed E-state index contributed by atoms with van der Waals surface area (Å²) >= 11 is 12.9. The molecule has 37 heavy (non-hydrogen) atoms. The molecular formula is C27H30Cl2F6N2. The van der Waals surface area contributed by atoms with Gasteiger partial charge in [0.25, 0.3) is 0 Å². The number of benzene rings is 2. The van der Waals surface area contributed by atoms with Crippen molar-refractivity contribution >= 4 is 23.2 Å². The molecule has 2 aromatic rings. The van der Waals surface area contributed by atoms with E-state index in [2.05, 4.69) is 9.80 Å². The summed E-state index contributed by atoms with van der Waals surface area (Å²) in [7, 11) is 0. The fraction of sp³-hybridized carbons (Fsp3) is 0.556. The summed E-state index contributed by atoms with van der Waals surface area (Å²) in [5.41, 5.74) is -3.10. The van der Waals surface area contributed by atoms with Gasteiger partial charge in [-0.05, 0) is 61.6 Å². The van der Waals surface area contributed by atoms with Crippen LogP contribution >= 0.6 is 23.2 Å². The van der Waals surface area contributed by atoms with Gasteiger partial charge in [-0.15, -0.1) is 0 Å². The highest BCUT2D eigenvalue weighted by molar-refractivity contribution is 6.42. The third kappa shape index (κ3) is 6.40. The van der Waals surface area contributed by atoms with Gasteiger partial charge in [0.1, 0.15) is 0 Å². The van der Waals surface area contributed by atoms with Gasteiger partial charge in [-0.25, -0.2) is 0 Å². The minimum atomic E-state index is -4.91. The summed E-state index contributed by atoms with van der Waals surface area (Å²) in [5, 5.41) is 0.538. The molecule has 2 nitrogen and oxygen atoms in total. The van der Waals surface area contributed by atoms with Crippen LogP contribution < -0.4 is 0 Å². The molecule has 0 bridgehead atoms. The van der Waals surface area contributed by atoms with Gasteiger partial charge >= 0.3 is 12.4 Å². The average Bonchev–Trinajstić information content (AvgIpc) is 2.85. The molecular weight excluding hydrogens is 537 g/mol. The smallest absolute Gasteiger partial charge is 0.298 e. The van der Waals surface area contributed by atoms with Gasteiger partial charge in [-0.2, -0.15) is 26.3 Å². The number of alkyl halides is 6. The van der Waals surface area contributed by atoms with E-state index in [-0.39, 0.29) is 28.1 Å². The fourth-order valence-electron chi connectivity index (χ4n) is 5.84. The highest BCUT2D eigenvalue weighted by Gasteiger charge is 2.41. The predicted molar refractivity (Wildman–Crippen MR) is 134 cm³/mol. The average molecular weight is 567 g/mol. The summed E-state index contributed by atoms with van der Waals surface area (Å²) in [6, 6.07) is 7.37. The third-order valence-corrected chi connectivity index (χ3v) is 8.65. The molecule has 0 aromatic heterocycles. The van der Waals surface area contributed by atoms with Crippen molar-refractivity contribution in [3.63, 3.8) is 0 Å². The lowest BCUT2D eigenvalue weighted by Crippen LogP contribution is -2.57. The maximum absolute atomic E-state index is 13.6. The van der Waals surface area contributed by atoms with E-state index in [4.69, 9.17) is 23.2 Å². The van der Waals surface area contributed by atoms with Crippen LogP contribution in [0.5, 0.6) is 0 Å². The molecule has 4 rings (SSSR count). The van der Waals surface area contributed by atoms with Crippen molar-refractivity contribution < 1.29 is 26.3 Å². The molecule has 10 heteroatoms. The molecule has 2 aliphatic rings. The van der Waals surface area contributed by atoms with E-state index in [1.54, 1.807) is 18.2 Å². The number of hydrogen-bond donors (Lipinski definition) is 0. The molecule has 0 radical (unpaired) electrons. The van der Waals surface area contributed by atoms with Crippen molar-refractivity contribution in [2.75, 3.05) is 26.2 Å². The molecule has 0 amide bonds. The molecule has 1 aliphatic heterocycles. The van der Waals surface area contributed by atoms with Crippen molar-refractivity contribution in [3.05, 3.63) is 68.7 Å². The number of nitrogens with zero attached hydrogens (tertiary/aromatic N) is 2. The molecule has 204 valence electrons. The maximum Gasteiger partial charge on any atom is 0.416 e. The highest BCUT2D eigenvalue weighted by atomic mass is 35.5. The van der Waals surface area contributed by atoms with Crippen LogP contribution in [0.4, 0.5) is 26.3 Å². The minimum absolute atomic E-state index is 0.0598. The summed E-state index contributed by atoms with van der Waals surface area (Å²) < 4.78 is 81.4. The van der Waals surface area contributed by atoms with Crippen molar-refractivity contribution in [1.82, 2.24) is 9.80 Å². The molecule has 0 spiro atoms. The van der Waals surface area contributed by atoms with Crippen LogP contribution in [0.3, 0.4) is 0 Å². The van der Waals surface area contributed by atoms with Crippen molar-refractivity contribution in [2.24, 2.45) is 0 Å². The zero-order valence-electron chi connectivity index (χ0n) is 20.5. The zero-order valence-corrected chi connectivity index (χ0v) is 22.0. The van der Waals surface area contributed by atoms with Crippen LogP contribution in [0.2, 0.25) is 10.0 Å². The van der Waals surface area contributed by atoms with E-state index < -0.39 is 29.0 Å². The summed E-state index contributed by atoms with van der Waals surface area (Å²) in [4.78, 5) is 4.58. The Morgan fingerprint density at radius 2 is 1.38 bits per heavy atom. The second kappa shape index (κ2) is 10.9. The second-order valence-electron chi connectivity index (χ2n) is 10.3. The Labute approximate surface area is 223 Å². The topological polar surface area (TPSA) is 6.48 Å². The lowest BCUT2D eigenvalue weighted by atomic mass is 9.82. The van der Waals surface area contributed by atoms with E-state index in [1.807, 2.05) is 6.92 Å². The fourth-order valence-corrected chi connectivity index (χ4v) is 6.35. The van der Waals surface area contributed by atoms with Crippen LogP contribution in [-0.2, 0) is 24.3 Å². The van der Waals surface area contributed by atoms with Gasteiger partial charge in [-0.3, -0.25) is 9.80 Å². The SMILES string of the molecule is CC(Cc1cc(C(F)(F)F)cc(C(F)(F)F)c1)(c1cccc(Cl)c1Cl)N1CCN(C2CCCCC2)CC1. The molecule has 2 aromatic carbocycles. The minimum Gasteiger partial charge on any atom is -0.298 e. The largest absolute Gasteiger partial charge is 0.416 e. The van der Waals surface area contributed by atoms with Crippen LogP contribution in [0.25, 0.3) is 0 Å². The first-order valence-corrected chi connectivity index (χ1v) is 13.3. The van der Waals surface area contributed by atoms with E-state index in [0.717, 1.165) is 38.1 Å². The molecule has 1 atom stereocenters. The van der Waals surface area contributed by atoms with E-state index in [0.29, 0.717) is 24.7 Å². The monoisotopic (exact) mass is 566 g/mol. The summed E-state index contributed by atoms with van der Waals surface area (Å²) in [6.07, 6.45) is -3.95. The molecule has 1 unspecified atom stereocenters. The van der Waals surface area contributed by atoms with Crippen LogP contribution in [-0.4, -0.2) is 42.0 Å². The first kappa shape index (κ1) is 28.5. The normalized spacial score (nSPS) is 20.7. The van der Waals surface area contributed by atoms with E-state index in [1.165, 1.54) is 19.3 Å². The molecule has 0 N–H and O–H groups in total. The van der Waals surface area contributed by atoms with Crippen LogP contribution in [0, 0.1) is 0 Å². The van der Waals surface area contributed by atoms with Crippen molar-refractivity contribution in [3.8, 4) is 0 Å². The summed E-state index contributed by atoms with van der Waals surface area (Å²) in [6.45, 7) is 4.60. The Morgan fingerprint density at radius 1 is 0.811 bits per heavy atom. The lowest BCUT2D eigenvalue weighted by molar-refractivity contribution is -0.143. The van der Waals surface area contributed by atoms with Gasteiger partial charge in [-0.1, -0.05) is 54.6 Å². The molecule has 1 saturated heterocycles. The van der Waals surface area contributed by atoms with Gasteiger partial charge in [0, 0.05) is 37.8 Å². The Morgan fingerprint density at radius 3 is 1.92 bits per heavy atom. The predicted octanol–water partition coefficient (Wildman–Crippen LogP) is 8.44. The van der Waals surface area contributed by atoms with Gasteiger partial charge in [0.2, 0.25) is 0 Å². The first-order valence-electron chi connectivity index (χ1n) is 12.5. The lowest BCUT2D eigenvalue weighted by Gasteiger charge is -2.48. The Bertz CT molecular complexity index is 1060. The first-order chi connectivity index (χ1) is 17.3. The van der Waals surface area contributed by atoms with Crippen molar-refractivity contribution in [1.29, 1.82) is 0 Å². The highest BCUT2D eigenvalue weighted by Crippen LogP contribution is 2.42. The van der Waals surface area contributed by atoms with Gasteiger partial charge in [0.15, 0.2) is 0 Å². The zero-order chi connectivity index (χ0) is 27.0. The van der Waals surface area contributed by atoms with Crippen LogP contribution in [0.15, 0.2) is 36.4 Å². The third-order valence-electron chi connectivity index (χ3n) is 7.83. The maximum atomic E-state index is 13.6. The van der Waals surface area contributed by atoms with E-state index >= 15 is 0 Å². The van der Waals surface area contributed by atoms with Crippen molar-refractivity contribution in [2.45, 2.75) is 69.4 Å². The van der Waals surface area contributed by atoms with Crippen LogP contribution in [0.1, 0.15) is 61.3 Å². The number of halogens is 8. The molecule has 2 fully saturated rings. The standard InChI is InChI=1S/C27H30Cl2F6N2/c1-25(22-8-5-9-23(28)24(22)29,37-12-10-36(11-13-37)21-6-3-2-4-7-21)17-18-14-19(26(30,31)32)16-20(15-18)27(33,34)35/h5,8-9,14-16,21H,2-4,6-7,10-13,17H2,1H3. The Hall–Kier alpha value is -1.48. The quantitative estimate of drug-likeness (QED) is 0.335. The number of rotatable bonds is 5. The van der Waals surface area contributed by atoms with E-state index in [9.17, 15) is 26.3 Å². The summed E-state index contributed by atoms with van der Waals surface area (Å²) in [5.74, 6) is 0. The Balaban J connectivity index is 1.71. The molecule has 1 heterocycles.